The van der Waals surface area contributed by atoms with Crippen molar-refractivity contribution in [3.05, 3.63) is 59.1 Å². The molecule has 1 saturated carbocycles. The van der Waals surface area contributed by atoms with Crippen LogP contribution in [0.3, 0.4) is 0 Å². The van der Waals surface area contributed by atoms with Crippen LogP contribution in [0.5, 0.6) is 0 Å². The van der Waals surface area contributed by atoms with Crippen molar-refractivity contribution < 1.29 is 13.2 Å². The lowest BCUT2D eigenvalue weighted by atomic mass is 9.68. The van der Waals surface area contributed by atoms with Gasteiger partial charge in [-0.3, -0.25) is 4.90 Å². The van der Waals surface area contributed by atoms with Crippen LogP contribution >= 0.6 is 24.0 Å². The Labute approximate surface area is 201 Å². The predicted octanol–water partition coefficient (Wildman–Crippen LogP) is 4.25. The van der Waals surface area contributed by atoms with Crippen molar-refractivity contribution in [3.8, 4) is 0 Å². The first-order valence-corrected chi connectivity index (χ1v) is 12.8. The molecule has 2 aliphatic rings. The number of urea groups is 1. The van der Waals surface area contributed by atoms with Gasteiger partial charge in [-0.2, -0.15) is 0 Å². The number of carbonyl (C=O) groups is 1. The van der Waals surface area contributed by atoms with Gasteiger partial charge in [0.1, 0.15) is 0 Å². The van der Waals surface area contributed by atoms with E-state index in [1.165, 1.54) is 11.8 Å². The van der Waals surface area contributed by atoms with Gasteiger partial charge in [-0.05, 0) is 67.6 Å². The van der Waals surface area contributed by atoms with E-state index in [0.717, 1.165) is 36.4 Å². The molecule has 9 heteroatoms. The number of hydrogen-bond acceptors (Lipinski definition) is 4. The maximum Gasteiger partial charge on any atom is 0.324 e. The molecule has 0 unspecified atom stereocenters. The molecule has 0 aromatic heterocycles. The molecule has 2 amide bonds. The van der Waals surface area contributed by atoms with E-state index in [-0.39, 0.29) is 34.8 Å². The molecule has 1 saturated heterocycles. The Morgan fingerprint density at radius 1 is 1.09 bits per heavy atom. The summed E-state index contributed by atoms with van der Waals surface area (Å²) in [6.07, 6.45) is 4.81. The van der Waals surface area contributed by atoms with Gasteiger partial charge >= 0.3 is 6.03 Å². The number of hydrogen-bond donors (Lipinski definition) is 1. The smallest absolute Gasteiger partial charge is 0.324 e. The lowest BCUT2D eigenvalue weighted by molar-refractivity contribution is 0.156. The lowest BCUT2D eigenvalue weighted by Crippen LogP contribution is -2.46. The summed E-state index contributed by atoms with van der Waals surface area (Å²) in [4.78, 5) is 17.1. The molecule has 4 rings (SSSR count). The second-order valence-corrected chi connectivity index (χ2v) is 11.1. The normalized spacial score (nSPS) is 23.8. The highest BCUT2D eigenvalue weighted by molar-refractivity contribution is 7.90. The number of carbonyl (C=O) groups excluding carboxylic acids is 1. The van der Waals surface area contributed by atoms with Crippen LogP contribution in [0.1, 0.15) is 31.2 Å². The van der Waals surface area contributed by atoms with Gasteiger partial charge in [0.15, 0.2) is 9.84 Å². The summed E-state index contributed by atoms with van der Waals surface area (Å²) < 4.78 is 23.4. The minimum atomic E-state index is -3.26. The van der Waals surface area contributed by atoms with Gasteiger partial charge < -0.3 is 10.6 Å². The Hall–Kier alpha value is -1.80. The van der Waals surface area contributed by atoms with E-state index in [9.17, 15) is 13.2 Å². The Balaban J connectivity index is 0.00000289. The Kier molecular flexibility index (Phi) is 7.44. The van der Waals surface area contributed by atoms with Crippen molar-refractivity contribution in [3.63, 3.8) is 0 Å². The third-order valence-corrected chi connectivity index (χ3v) is 8.16. The van der Waals surface area contributed by atoms with Crippen molar-refractivity contribution >= 4 is 45.6 Å². The van der Waals surface area contributed by atoms with Crippen LogP contribution in [0, 0.1) is 0 Å². The van der Waals surface area contributed by atoms with Crippen LogP contribution in [0.25, 0.3) is 0 Å². The number of amides is 2. The van der Waals surface area contributed by atoms with Crippen molar-refractivity contribution in [1.82, 2.24) is 4.90 Å². The summed E-state index contributed by atoms with van der Waals surface area (Å²) in [6.45, 7) is 1.83. The number of benzene rings is 2. The lowest BCUT2D eigenvalue weighted by Gasteiger charge is -2.42. The van der Waals surface area contributed by atoms with Crippen molar-refractivity contribution in [2.45, 2.75) is 42.0 Å². The zero-order valence-electron chi connectivity index (χ0n) is 18.0. The van der Waals surface area contributed by atoms with Gasteiger partial charge in [-0.1, -0.05) is 23.7 Å². The van der Waals surface area contributed by atoms with Gasteiger partial charge in [-0.15, -0.1) is 12.4 Å². The largest absolute Gasteiger partial charge is 0.330 e. The molecule has 2 aromatic rings. The molecule has 32 heavy (non-hydrogen) atoms. The number of halogens is 2. The zero-order chi connectivity index (χ0) is 22.2. The molecule has 2 N–H and O–H groups in total. The van der Waals surface area contributed by atoms with E-state index in [0.29, 0.717) is 19.6 Å². The van der Waals surface area contributed by atoms with Crippen LogP contribution in [-0.4, -0.2) is 51.3 Å². The van der Waals surface area contributed by atoms with Crippen molar-refractivity contribution in [2.75, 3.05) is 30.8 Å². The highest BCUT2D eigenvalue weighted by atomic mass is 35.5. The van der Waals surface area contributed by atoms with E-state index in [1.807, 2.05) is 23.1 Å². The molecule has 174 valence electrons. The molecule has 2 fully saturated rings. The molecular weight excluding hydrogens is 469 g/mol. The molecule has 1 aliphatic carbocycles. The fourth-order valence-corrected chi connectivity index (χ4v) is 5.72. The van der Waals surface area contributed by atoms with E-state index in [1.54, 1.807) is 29.2 Å². The van der Waals surface area contributed by atoms with Crippen LogP contribution < -0.4 is 10.6 Å². The number of nitrogens with zero attached hydrogens (tertiary/aromatic N) is 2. The Morgan fingerprint density at radius 3 is 2.31 bits per heavy atom. The minimum absolute atomic E-state index is 0. The highest BCUT2D eigenvalue weighted by Crippen LogP contribution is 2.41. The summed E-state index contributed by atoms with van der Waals surface area (Å²) in [5.41, 5.74) is 8.03. The third-order valence-electron chi connectivity index (χ3n) is 6.80. The second-order valence-electron chi connectivity index (χ2n) is 8.62. The molecule has 2 aromatic carbocycles. The minimum Gasteiger partial charge on any atom is -0.330 e. The van der Waals surface area contributed by atoms with E-state index in [2.05, 4.69) is 6.07 Å². The van der Waals surface area contributed by atoms with Crippen molar-refractivity contribution in [2.24, 2.45) is 5.73 Å². The van der Waals surface area contributed by atoms with E-state index in [4.69, 9.17) is 17.3 Å². The van der Waals surface area contributed by atoms with E-state index >= 15 is 0 Å². The number of sulfone groups is 1. The topological polar surface area (TPSA) is 83.7 Å². The highest BCUT2D eigenvalue weighted by Gasteiger charge is 2.41. The summed E-state index contributed by atoms with van der Waals surface area (Å²) >= 11 is 6.21. The first kappa shape index (κ1) is 24.8. The average molecular weight is 498 g/mol. The number of rotatable bonds is 5. The first-order chi connectivity index (χ1) is 14.7. The molecule has 0 atom stereocenters. The first-order valence-electron chi connectivity index (χ1n) is 10.6. The molecular formula is C23H29Cl2N3O3S. The van der Waals surface area contributed by atoms with Crippen LogP contribution in [0.4, 0.5) is 10.5 Å². The molecule has 1 heterocycles. The van der Waals surface area contributed by atoms with Crippen molar-refractivity contribution in [1.29, 1.82) is 0 Å². The summed E-state index contributed by atoms with van der Waals surface area (Å²) in [6, 6.07) is 14.7. The van der Waals surface area contributed by atoms with Crippen LogP contribution in [-0.2, 0) is 15.3 Å². The second kappa shape index (κ2) is 9.59. The average Bonchev–Trinajstić information content (AvgIpc) is 3.14. The fraction of sp³-hybridized carbons (Fsp3) is 0.435. The standard InChI is InChI=1S/C23H28ClN3O3S.ClH/c1-31(29,30)21-7-5-19(6-8-21)26-13-14-27(22(26)28)20-9-11-23(16-25,12-10-20)17-3-2-4-18(24)15-17;/h2-8,15,20H,9-14,16,25H2,1H3;1H/t20-,23-;. The number of nitrogens with two attached hydrogens (primary N) is 1. The van der Waals surface area contributed by atoms with Gasteiger partial charge in [-0.25, -0.2) is 13.2 Å². The predicted molar refractivity (Wildman–Crippen MR) is 131 cm³/mol. The monoisotopic (exact) mass is 497 g/mol. The van der Waals surface area contributed by atoms with Crippen LogP contribution in [0.15, 0.2) is 53.4 Å². The fourth-order valence-electron chi connectivity index (χ4n) is 4.90. The Bertz CT molecular complexity index is 1070. The quantitative estimate of drug-likeness (QED) is 0.668. The van der Waals surface area contributed by atoms with Gasteiger partial charge in [0.25, 0.3) is 0 Å². The van der Waals surface area contributed by atoms with Gasteiger partial charge in [0, 0.05) is 48.1 Å². The molecule has 0 spiro atoms. The molecule has 0 bridgehead atoms. The molecule has 6 nitrogen and oxygen atoms in total. The summed E-state index contributed by atoms with van der Waals surface area (Å²) in [5.74, 6) is 0. The maximum absolute atomic E-state index is 13.1. The summed E-state index contributed by atoms with van der Waals surface area (Å²) in [5, 5.41) is 0.722. The summed E-state index contributed by atoms with van der Waals surface area (Å²) in [7, 11) is -3.26. The molecule has 1 aliphatic heterocycles. The Morgan fingerprint density at radius 2 is 1.75 bits per heavy atom. The van der Waals surface area contributed by atoms with Gasteiger partial charge in [0.05, 0.1) is 4.90 Å². The maximum atomic E-state index is 13.1. The molecule has 0 radical (unpaired) electrons. The van der Waals surface area contributed by atoms with E-state index < -0.39 is 9.84 Å². The zero-order valence-corrected chi connectivity index (χ0v) is 20.4. The number of anilines is 1. The SMILES string of the molecule is CS(=O)(=O)c1ccc(N2CCN([C@H]3CC[C@](CN)(c4cccc(Cl)c4)CC3)C2=O)cc1.Cl. The van der Waals surface area contributed by atoms with Crippen LogP contribution in [0.2, 0.25) is 5.02 Å². The third kappa shape index (κ3) is 4.76. The van der Waals surface area contributed by atoms with Gasteiger partial charge in [0.2, 0.25) is 0 Å².